The summed E-state index contributed by atoms with van der Waals surface area (Å²) in [6.07, 6.45) is 0. The lowest BCUT2D eigenvalue weighted by Crippen LogP contribution is -3.00. The van der Waals surface area contributed by atoms with E-state index in [1.807, 2.05) is 32.2 Å². The summed E-state index contributed by atoms with van der Waals surface area (Å²) in [5, 5.41) is 3.10. The summed E-state index contributed by atoms with van der Waals surface area (Å²) in [4.78, 5) is 0. The Morgan fingerprint density at radius 2 is 2.07 bits per heavy atom. The second-order valence-electron chi connectivity index (χ2n) is 2.91. The van der Waals surface area contributed by atoms with Crippen molar-refractivity contribution in [1.29, 1.82) is 0 Å². The van der Waals surface area contributed by atoms with Crippen LogP contribution in [0.3, 0.4) is 0 Å². The van der Waals surface area contributed by atoms with Gasteiger partial charge in [-0.25, -0.2) is 0 Å². The third kappa shape index (κ3) is 3.61. The van der Waals surface area contributed by atoms with Crippen LogP contribution >= 0.6 is 0 Å². The van der Waals surface area contributed by atoms with Crippen LogP contribution in [0.15, 0.2) is 18.2 Å². The summed E-state index contributed by atoms with van der Waals surface area (Å²) in [5.74, 6) is 1.63. The molecule has 1 aromatic carbocycles. The SMILES string of the molecule is CCOc1c(CNC)cccc1OC.[Cl-]. The highest BCUT2D eigenvalue weighted by molar-refractivity contribution is 5.46. The number of nitrogens with one attached hydrogen (secondary N) is 1. The zero-order chi connectivity index (χ0) is 10.4. The lowest BCUT2D eigenvalue weighted by molar-refractivity contribution is -0.00000371. The van der Waals surface area contributed by atoms with Crippen molar-refractivity contribution in [2.45, 2.75) is 13.5 Å². The molecule has 0 aliphatic heterocycles. The summed E-state index contributed by atoms with van der Waals surface area (Å²) in [7, 11) is 3.57. The molecule has 86 valence electrons. The largest absolute Gasteiger partial charge is 1.00 e. The van der Waals surface area contributed by atoms with Gasteiger partial charge in [-0.3, -0.25) is 0 Å². The van der Waals surface area contributed by atoms with E-state index in [9.17, 15) is 0 Å². The molecule has 4 heteroatoms. The van der Waals surface area contributed by atoms with Crippen LogP contribution in [0.25, 0.3) is 0 Å². The maximum Gasteiger partial charge on any atom is 0.165 e. The maximum atomic E-state index is 5.55. The standard InChI is InChI=1S/C11H17NO2.ClH/c1-4-14-11-9(8-12-2)6-5-7-10(11)13-3;/h5-7,12H,4,8H2,1-3H3;1H/p-1. The minimum Gasteiger partial charge on any atom is -1.00 e. The molecule has 0 fully saturated rings. The van der Waals surface area contributed by atoms with Gasteiger partial charge in [0.15, 0.2) is 11.5 Å². The number of hydrogen-bond acceptors (Lipinski definition) is 3. The number of hydrogen-bond donors (Lipinski definition) is 1. The lowest BCUT2D eigenvalue weighted by atomic mass is 10.2. The summed E-state index contributed by atoms with van der Waals surface area (Å²) in [5.41, 5.74) is 1.12. The Labute approximate surface area is 97.2 Å². The van der Waals surface area contributed by atoms with E-state index in [1.165, 1.54) is 0 Å². The first-order valence-electron chi connectivity index (χ1n) is 4.76. The predicted octanol–water partition coefficient (Wildman–Crippen LogP) is -1.18. The van der Waals surface area contributed by atoms with Crippen LogP contribution in [0, 0.1) is 0 Å². The normalized spacial score (nSPS) is 9.27. The first kappa shape index (κ1) is 14.1. The Balaban J connectivity index is 0.00000196. The van der Waals surface area contributed by atoms with Gasteiger partial charge >= 0.3 is 0 Å². The fourth-order valence-corrected chi connectivity index (χ4v) is 1.36. The first-order valence-corrected chi connectivity index (χ1v) is 4.76. The second-order valence-corrected chi connectivity index (χ2v) is 2.91. The summed E-state index contributed by atoms with van der Waals surface area (Å²) in [6.45, 7) is 3.40. The van der Waals surface area contributed by atoms with Gasteiger partial charge in [-0.1, -0.05) is 12.1 Å². The zero-order valence-electron chi connectivity index (χ0n) is 9.34. The van der Waals surface area contributed by atoms with E-state index in [-0.39, 0.29) is 12.4 Å². The molecule has 0 saturated carbocycles. The van der Waals surface area contributed by atoms with Crippen molar-refractivity contribution in [3.8, 4) is 11.5 Å². The van der Waals surface area contributed by atoms with Gasteiger partial charge in [-0.15, -0.1) is 0 Å². The maximum absolute atomic E-state index is 5.55. The molecule has 0 aromatic heterocycles. The number of para-hydroxylation sites is 1. The smallest absolute Gasteiger partial charge is 0.165 e. The molecule has 0 atom stereocenters. The number of rotatable bonds is 5. The lowest BCUT2D eigenvalue weighted by Gasteiger charge is -2.13. The van der Waals surface area contributed by atoms with Crippen LogP contribution in [-0.2, 0) is 6.54 Å². The van der Waals surface area contributed by atoms with Gasteiger partial charge in [0.1, 0.15) is 0 Å². The minimum atomic E-state index is 0. The molecule has 0 aliphatic carbocycles. The molecule has 3 nitrogen and oxygen atoms in total. The van der Waals surface area contributed by atoms with Gasteiger partial charge in [0, 0.05) is 12.1 Å². The summed E-state index contributed by atoms with van der Waals surface area (Å²) < 4.78 is 10.8. The molecule has 0 amide bonds. The number of benzene rings is 1. The predicted molar refractivity (Wildman–Crippen MR) is 56.9 cm³/mol. The quantitative estimate of drug-likeness (QED) is 0.691. The highest BCUT2D eigenvalue weighted by Gasteiger charge is 2.08. The van der Waals surface area contributed by atoms with Crippen molar-refractivity contribution in [1.82, 2.24) is 5.32 Å². The topological polar surface area (TPSA) is 30.5 Å². The van der Waals surface area contributed by atoms with E-state index >= 15 is 0 Å². The molecular formula is C11H17ClNO2-. The average molecular weight is 231 g/mol. The number of ether oxygens (including phenoxy) is 2. The highest BCUT2D eigenvalue weighted by Crippen LogP contribution is 2.30. The minimum absolute atomic E-state index is 0. The Kier molecular flexibility index (Phi) is 6.92. The van der Waals surface area contributed by atoms with Crippen LogP contribution in [0.1, 0.15) is 12.5 Å². The Morgan fingerprint density at radius 1 is 1.33 bits per heavy atom. The van der Waals surface area contributed by atoms with Gasteiger partial charge in [-0.2, -0.15) is 0 Å². The molecule has 0 radical (unpaired) electrons. The fourth-order valence-electron chi connectivity index (χ4n) is 1.36. The van der Waals surface area contributed by atoms with Crippen molar-refractivity contribution in [2.24, 2.45) is 0 Å². The van der Waals surface area contributed by atoms with Crippen molar-refractivity contribution in [3.05, 3.63) is 23.8 Å². The van der Waals surface area contributed by atoms with Crippen LogP contribution in [0.5, 0.6) is 11.5 Å². The van der Waals surface area contributed by atoms with Gasteiger partial charge in [0.25, 0.3) is 0 Å². The number of methoxy groups -OCH3 is 1. The van der Waals surface area contributed by atoms with E-state index in [2.05, 4.69) is 5.32 Å². The molecule has 1 rings (SSSR count). The molecule has 0 unspecified atom stereocenters. The molecule has 1 N–H and O–H groups in total. The Morgan fingerprint density at radius 3 is 2.60 bits per heavy atom. The Hall–Kier alpha value is -0.930. The van der Waals surface area contributed by atoms with Crippen molar-refractivity contribution < 1.29 is 21.9 Å². The zero-order valence-corrected chi connectivity index (χ0v) is 10.1. The van der Waals surface area contributed by atoms with E-state index in [0.29, 0.717) is 6.61 Å². The third-order valence-corrected chi connectivity index (χ3v) is 1.94. The third-order valence-electron chi connectivity index (χ3n) is 1.94. The number of halogens is 1. The van der Waals surface area contributed by atoms with Crippen LogP contribution in [0.4, 0.5) is 0 Å². The van der Waals surface area contributed by atoms with Crippen LogP contribution in [0.2, 0.25) is 0 Å². The van der Waals surface area contributed by atoms with Crippen molar-refractivity contribution >= 4 is 0 Å². The molecule has 15 heavy (non-hydrogen) atoms. The summed E-state index contributed by atoms with van der Waals surface area (Å²) in [6, 6.07) is 5.90. The molecule has 0 spiro atoms. The first-order chi connectivity index (χ1) is 6.83. The van der Waals surface area contributed by atoms with Crippen LogP contribution in [-0.4, -0.2) is 20.8 Å². The Bertz CT molecular complexity index is 292. The monoisotopic (exact) mass is 230 g/mol. The highest BCUT2D eigenvalue weighted by atomic mass is 35.5. The van der Waals surface area contributed by atoms with Gasteiger partial charge in [0.05, 0.1) is 13.7 Å². The van der Waals surface area contributed by atoms with Crippen molar-refractivity contribution in [2.75, 3.05) is 20.8 Å². The van der Waals surface area contributed by atoms with Crippen molar-refractivity contribution in [3.63, 3.8) is 0 Å². The molecular weight excluding hydrogens is 214 g/mol. The van der Waals surface area contributed by atoms with E-state index < -0.39 is 0 Å². The van der Waals surface area contributed by atoms with E-state index in [0.717, 1.165) is 23.6 Å². The van der Waals surface area contributed by atoms with E-state index in [4.69, 9.17) is 9.47 Å². The van der Waals surface area contributed by atoms with Gasteiger partial charge < -0.3 is 27.2 Å². The molecule has 0 bridgehead atoms. The fraction of sp³-hybridized carbons (Fsp3) is 0.455. The second kappa shape index (κ2) is 7.37. The van der Waals surface area contributed by atoms with E-state index in [1.54, 1.807) is 7.11 Å². The molecule has 0 heterocycles. The van der Waals surface area contributed by atoms with Gasteiger partial charge in [-0.05, 0) is 20.0 Å². The van der Waals surface area contributed by atoms with Gasteiger partial charge in [0.2, 0.25) is 0 Å². The van der Waals surface area contributed by atoms with Crippen LogP contribution < -0.4 is 27.2 Å². The average Bonchev–Trinajstić information content (AvgIpc) is 2.21. The molecule has 0 saturated heterocycles. The molecule has 0 aliphatic rings. The molecule has 1 aromatic rings. The summed E-state index contributed by atoms with van der Waals surface area (Å²) >= 11 is 0.